The van der Waals surface area contributed by atoms with Crippen molar-refractivity contribution in [3.8, 4) is 0 Å². The number of fused-ring (bicyclic) bond motifs is 3. The number of carbonyl (C=O) groups excluding carboxylic acids is 3. The van der Waals surface area contributed by atoms with Gasteiger partial charge in [0.1, 0.15) is 0 Å². The third-order valence-electron chi connectivity index (χ3n) is 11.1. The van der Waals surface area contributed by atoms with Gasteiger partial charge in [0.2, 0.25) is 20.2 Å². The number of aromatic amines is 1. The first-order valence-electron chi connectivity index (χ1n) is 18.6. The van der Waals surface area contributed by atoms with Crippen LogP contribution in [0.25, 0.3) is 10.9 Å². The molecule has 14 heteroatoms. The molecule has 4 atom stereocenters. The molecule has 12 nitrogen and oxygen atoms in total. The highest BCUT2D eigenvalue weighted by atomic mass is 28.4. The first kappa shape index (κ1) is 38.6. The van der Waals surface area contributed by atoms with Gasteiger partial charge in [0, 0.05) is 65.0 Å². The molecule has 1 saturated heterocycles. The number of anilines is 2. The number of hydrogen-bond acceptors (Lipinski definition) is 7. The van der Waals surface area contributed by atoms with Crippen molar-refractivity contribution in [2.24, 2.45) is 5.92 Å². The number of aliphatic hydroxyl groups excluding tert-OH is 1. The number of nitro groups is 1. The van der Waals surface area contributed by atoms with Gasteiger partial charge in [-0.05, 0) is 54.0 Å². The quantitative estimate of drug-likeness (QED) is 0.0503. The maximum Gasteiger partial charge on any atom is 0.269 e. The number of carbonyl (C=O) groups is 3. The average molecular weight is 778 g/mol. The van der Waals surface area contributed by atoms with Gasteiger partial charge in [0.25, 0.3) is 11.6 Å². The summed E-state index contributed by atoms with van der Waals surface area (Å²) in [5.41, 5.74) is 1.78. The zero-order valence-electron chi connectivity index (χ0n) is 31.4. The molecule has 4 aromatic carbocycles. The topological polar surface area (TPSA) is 158 Å². The van der Waals surface area contributed by atoms with Crippen molar-refractivity contribution in [2.75, 3.05) is 23.4 Å². The van der Waals surface area contributed by atoms with E-state index in [-0.39, 0.29) is 62.1 Å². The number of benzene rings is 4. The van der Waals surface area contributed by atoms with Crippen LogP contribution in [-0.2, 0) is 44.2 Å². The Bertz CT molecular complexity index is 2280. The Morgan fingerprint density at radius 3 is 2.45 bits per heavy atom. The number of H-pyrrole nitrogens is 1. The number of amides is 3. The number of ether oxygens (including phenoxy) is 1. The number of nitro benzene ring substituents is 1. The molecular weight excluding hydrogens is 734 g/mol. The maximum absolute atomic E-state index is 16.5. The van der Waals surface area contributed by atoms with E-state index in [1.165, 1.54) is 41.1 Å². The molecule has 2 aliphatic rings. The molecule has 3 N–H and O–H groups in total. The molecule has 5 aromatic rings. The lowest BCUT2D eigenvalue weighted by Gasteiger charge is -2.31. The van der Waals surface area contributed by atoms with E-state index in [2.05, 4.69) is 10.3 Å². The van der Waals surface area contributed by atoms with Crippen molar-refractivity contribution < 1.29 is 33.3 Å². The molecule has 0 aliphatic carbocycles. The normalized spacial score (nSPS) is 20.4. The highest BCUT2D eigenvalue weighted by molar-refractivity contribution is 6.72. The molecule has 0 saturated carbocycles. The van der Waals surface area contributed by atoms with Crippen LogP contribution in [0, 0.1) is 16.0 Å². The molecule has 1 aromatic heterocycles. The van der Waals surface area contributed by atoms with Crippen LogP contribution in [0.5, 0.6) is 0 Å². The van der Waals surface area contributed by atoms with Crippen LogP contribution in [0.4, 0.5) is 21.2 Å². The molecule has 0 unspecified atom stereocenters. The predicted molar refractivity (Wildman–Crippen MR) is 213 cm³/mol. The van der Waals surface area contributed by atoms with Crippen LogP contribution in [-0.4, -0.2) is 65.3 Å². The van der Waals surface area contributed by atoms with Gasteiger partial charge in [0.15, 0.2) is 5.60 Å². The van der Waals surface area contributed by atoms with E-state index in [0.717, 1.165) is 22.0 Å². The Kier molecular flexibility index (Phi) is 10.6. The molecule has 0 bridgehead atoms. The Morgan fingerprint density at radius 2 is 1.75 bits per heavy atom. The second-order valence-electron chi connectivity index (χ2n) is 15.1. The highest BCUT2D eigenvalue weighted by Crippen LogP contribution is 2.60. The monoisotopic (exact) mass is 777 g/mol. The lowest BCUT2D eigenvalue weighted by Crippen LogP contribution is -2.45. The number of para-hydroxylation sites is 1. The standard InChI is InChI=1S/C42H44FN5O7Si/c1-27-40(56(2,3)43)37(23-39(51)46(19-20-49)25-28-9-5-4-6-10-28)55-42(27)34-22-32(48(53)54)17-18-36(34)47(41(42)52)26-29-13-15-31(16-14-29)45-38(50)21-30-24-44-35-12-8-7-11-33(30)35/h4-18,22,24,27,37,40,44,49H,19-21,23,25-26H2,1-3H3,(H,45,50)/t27-,37+,40-,42+/m1/s1. The lowest BCUT2D eigenvalue weighted by atomic mass is 9.82. The fraction of sp³-hybridized carbons (Fsp3) is 0.310. The largest absolute Gasteiger partial charge is 0.395 e. The molecule has 0 radical (unpaired) electrons. The molecule has 3 heterocycles. The summed E-state index contributed by atoms with van der Waals surface area (Å²) in [5, 5.41) is 25.7. The zero-order valence-corrected chi connectivity index (χ0v) is 32.4. The lowest BCUT2D eigenvalue weighted by molar-refractivity contribution is -0.385. The summed E-state index contributed by atoms with van der Waals surface area (Å²) >= 11 is 0. The van der Waals surface area contributed by atoms with E-state index >= 15 is 4.11 Å². The van der Waals surface area contributed by atoms with E-state index in [0.29, 0.717) is 16.9 Å². The van der Waals surface area contributed by atoms with Crippen LogP contribution in [0.15, 0.2) is 103 Å². The van der Waals surface area contributed by atoms with E-state index in [1.807, 2.05) is 60.8 Å². The van der Waals surface area contributed by atoms with Crippen LogP contribution in [0.2, 0.25) is 18.6 Å². The molecule has 2 aliphatic heterocycles. The number of rotatable bonds is 13. The van der Waals surface area contributed by atoms with Crippen molar-refractivity contribution in [1.29, 1.82) is 0 Å². The number of nitrogens with zero attached hydrogens (tertiary/aromatic N) is 3. The maximum atomic E-state index is 16.5. The second-order valence-corrected chi connectivity index (χ2v) is 18.9. The first-order valence-corrected chi connectivity index (χ1v) is 21.6. The minimum atomic E-state index is -3.66. The number of non-ortho nitro benzene ring substituents is 1. The minimum absolute atomic E-state index is 0.0521. The van der Waals surface area contributed by atoms with Crippen LogP contribution >= 0.6 is 0 Å². The summed E-state index contributed by atoms with van der Waals surface area (Å²) in [6.45, 7) is 4.85. The van der Waals surface area contributed by atoms with E-state index in [1.54, 1.807) is 31.2 Å². The Hall–Kier alpha value is -5.70. The van der Waals surface area contributed by atoms with Gasteiger partial charge < -0.3 is 34.1 Å². The fourth-order valence-corrected chi connectivity index (χ4v) is 11.0. The Balaban J connectivity index is 1.14. The number of aromatic nitrogens is 1. The van der Waals surface area contributed by atoms with Crippen molar-refractivity contribution in [3.05, 3.63) is 136 Å². The van der Waals surface area contributed by atoms with Crippen molar-refractivity contribution >= 4 is 54.1 Å². The van der Waals surface area contributed by atoms with Gasteiger partial charge in [-0.3, -0.25) is 24.5 Å². The summed E-state index contributed by atoms with van der Waals surface area (Å²) in [5.74, 6) is -1.83. The van der Waals surface area contributed by atoms with Crippen LogP contribution in [0.1, 0.15) is 35.6 Å². The molecule has 1 spiro atoms. The van der Waals surface area contributed by atoms with E-state index in [4.69, 9.17) is 4.74 Å². The summed E-state index contributed by atoms with van der Waals surface area (Å²) < 4.78 is 23.2. The third kappa shape index (κ3) is 7.34. The summed E-state index contributed by atoms with van der Waals surface area (Å²) in [6.07, 6.45) is 0.750. The Morgan fingerprint density at radius 1 is 1.04 bits per heavy atom. The summed E-state index contributed by atoms with van der Waals surface area (Å²) in [4.78, 5) is 59.4. The molecule has 56 heavy (non-hydrogen) atoms. The average Bonchev–Trinajstić information content (AvgIpc) is 3.78. The smallest absolute Gasteiger partial charge is 0.269 e. The Labute approximate surface area is 324 Å². The molecule has 1 fully saturated rings. The first-order chi connectivity index (χ1) is 26.8. The fourth-order valence-electron chi connectivity index (χ4n) is 8.56. The number of halogens is 1. The zero-order chi connectivity index (χ0) is 39.8. The van der Waals surface area contributed by atoms with Gasteiger partial charge in [-0.2, -0.15) is 0 Å². The molecule has 7 rings (SSSR count). The van der Waals surface area contributed by atoms with Crippen molar-refractivity contribution in [2.45, 2.75) is 63.2 Å². The van der Waals surface area contributed by atoms with Gasteiger partial charge in [-0.25, -0.2) is 0 Å². The number of hydrogen-bond donors (Lipinski definition) is 3. The van der Waals surface area contributed by atoms with Crippen LogP contribution in [0.3, 0.4) is 0 Å². The highest BCUT2D eigenvalue weighted by Gasteiger charge is 2.67. The molecular formula is C42H44FN5O7Si. The van der Waals surface area contributed by atoms with E-state index < -0.39 is 42.4 Å². The third-order valence-corrected chi connectivity index (χ3v) is 13.5. The minimum Gasteiger partial charge on any atom is -0.395 e. The summed E-state index contributed by atoms with van der Waals surface area (Å²) in [6, 6.07) is 28.3. The van der Waals surface area contributed by atoms with E-state index in [9.17, 15) is 29.6 Å². The van der Waals surface area contributed by atoms with Gasteiger partial charge in [-0.15, -0.1) is 0 Å². The SMILES string of the molecule is C[C@@H]1[C@@H]([Si](C)(C)F)[C@H](CC(=O)N(CCO)Cc2ccccc2)O[C@@]12C(=O)N(Cc1ccc(NC(=O)Cc3c[nH]c4ccccc34)cc1)c1ccc([N+](=O)[O-])cc12. The van der Waals surface area contributed by atoms with Crippen molar-refractivity contribution in [3.63, 3.8) is 0 Å². The molecule has 290 valence electrons. The van der Waals surface area contributed by atoms with Gasteiger partial charge in [0.05, 0.1) is 42.7 Å². The number of nitrogens with one attached hydrogen (secondary N) is 2. The molecule has 3 amide bonds. The van der Waals surface area contributed by atoms with Gasteiger partial charge in [-0.1, -0.05) is 67.6 Å². The summed E-state index contributed by atoms with van der Waals surface area (Å²) in [7, 11) is -3.66. The number of aliphatic hydroxyl groups is 1. The van der Waals surface area contributed by atoms with Crippen molar-refractivity contribution in [1.82, 2.24) is 9.88 Å². The predicted octanol–water partition coefficient (Wildman–Crippen LogP) is 6.99. The van der Waals surface area contributed by atoms with Crippen LogP contribution < -0.4 is 10.2 Å². The van der Waals surface area contributed by atoms with Gasteiger partial charge >= 0.3 is 0 Å². The second kappa shape index (κ2) is 15.4.